The van der Waals surface area contributed by atoms with Crippen LogP contribution in [0.15, 0.2) is 60.7 Å². The molecule has 32 heavy (non-hydrogen) atoms. The van der Waals surface area contributed by atoms with Crippen LogP contribution in [0.3, 0.4) is 0 Å². The number of hydrogen-bond donors (Lipinski definition) is 3. The fourth-order valence-corrected chi connectivity index (χ4v) is 3.85. The summed E-state index contributed by atoms with van der Waals surface area (Å²) in [5, 5.41) is 31.7. The zero-order chi connectivity index (χ0) is 23.1. The molecule has 1 aromatic carbocycles. The van der Waals surface area contributed by atoms with Crippen molar-refractivity contribution in [1.82, 2.24) is 14.9 Å². The van der Waals surface area contributed by atoms with Gasteiger partial charge in [0.15, 0.2) is 0 Å². The van der Waals surface area contributed by atoms with Crippen molar-refractivity contribution in [2.24, 2.45) is 0 Å². The van der Waals surface area contributed by atoms with Crippen LogP contribution in [-0.4, -0.2) is 49.3 Å². The second kappa shape index (κ2) is 11.6. The number of pyridine rings is 2. The van der Waals surface area contributed by atoms with Crippen LogP contribution >= 0.6 is 23.2 Å². The maximum atomic E-state index is 10.8. The van der Waals surface area contributed by atoms with Gasteiger partial charge in [-0.3, -0.25) is 4.90 Å². The van der Waals surface area contributed by atoms with Crippen molar-refractivity contribution in [3.05, 3.63) is 87.9 Å². The Balaban J connectivity index is 1.73. The predicted molar refractivity (Wildman–Crippen MR) is 126 cm³/mol. The van der Waals surface area contributed by atoms with Crippen LogP contribution in [0.5, 0.6) is 5.75 Å². The number of halogens is 2. The Hall–Kier alpha value is -2.22. The number of rotatable bonds is 10. The summed E-state index contributed by atoms with van der Waals surface area (Å²) in [5.74, 6) is 0.234. The Morgan fingerprint density at radius 2 is 1.31 bits per heavy atom. The van der Waals surface area contributed by atoms with Gasteiger partial charge in [0, 0.05) is 19.1 Å². The van der Waals surface area contributed by atoms with Gasteiger partial charge in [0.2, 0.25) is 0 Å². The van der Waals surface area contributed by atoms with Crippen LogP contribution in [0.2, 0.25) is 10.3 Å². The van der Waals surface area contributed by atoms with Crippen molar-refractivity contribution in [1.29, 1.82) is 0 Å². The van der Waals surface area contributed by atoms with Gasteiger partial charge in [0.25, 0.3) is 0 Å². The van der Waals surface area contributed by atoms with Crippen molar-refractivity contribution >= 4 is 23.2 Å². The molecule has 2 unspecified atom stereocenters. The van der Waals surface area contributed by atoms with E-state index < -0.39 is 12.2 Å². The number of phenols is 1. The first-order valence-electron chi connectivity index (χ1n) is 10.4. The maximum Gasteiger partial charge on any atom is 0.129 e. The van der Waals surface area contributed by atoms with E-state index in [1.165, 1.54) is 0 Å². The predicted octanol–water partition coefficient (Wildman–Crippen LogP) is 4.58. The van der Waals surface area contributed by atoms with E-state index in [-0.39, 0.29) is 24.9 Å². The van der Waals surface area contributed by atoms with Crippen LogP contribution in [-0.2, 0) is 6.42 Å². The van der Waals surface area contributed by atoms with Gasteiger partial charge in [-0.05, 0) is 61.7 Å². The first-order valence-corrected chi connectivity index (χ1v) is 11.2. The van der Waals surface area contributed by atoms with Crippen LogP contribution in [0.1, 0.15) is 42.5 Å². The topological polar surface area (TPSA) is 89.7 Å². The Morgan fingerprint density at radius 1 is 0.812 bits per heavy atom. The average molecular weight is 476 g/mol. The van der Waals surface area contributed by atoms with Crippen LogP contribution < -0.4 is 0 Å². The minimum absolute atomic E-state index is 0.0338. The van der Waals surface area contributed by atoms with Crippen LogP contribution in [0.25, 0.3) is 0 Å². The third kappa shape index (κ3) is 7.15. The molecule has 0 radical (unpaired) electrons. The highest BCUT2D eigenvalue weighted by atomic mass is 35.5. The maximum absolute atomic E-state index is 10.8. The molecule has 0 amide bonds. The van der Waals surface area contributed by atoms with Gasteiger partial charge in [-0.1, -0.05) is 47.5 Å². The fourth-order valence-electron chi connectivity index (χ4n) is 3.51. The summed E-state index contributed by atoms with van der Waals surface area (Å²) >= 11 is 12.0. The lowest BCUT2D eigenvalue weighted by molar-refractivity contribution is 0.0432. The summed E-state index contributed by atoms with van der Waals surface area (Å²) in [5.41, 5.74) is 2.05. The zero-order valence-corrected chi connectivity index (χ0v) is 19.3. The smallest absolute Gasteiger partial charge is 0.129 e. The molecule has 0 saturated carbocycles. The van der Waals surface area contributed by atoms with Crippen LogP contribution in [0, 0.1) is 0 Å². The second-order valence-electron chi connectivity index (χ2n) is 7.81. The van der Waals surface area contributed by atoms with Crippen molar-refractivity contribution < 1.29 is 15.3 Å². The molecule has 0 bridgehead atoms. The highest BCUT2D eigenvalue weighted by Crippen LogP contribution is 2.22. The molecule has 0 fully saturated rings. The number of aryl methyl sites for hydroxylation is 1. The third-order valence-electron chi connectivity index (χ3n) is 5.38. The number of aromatic hydroxyl groups is 1. The first-order chi connectivity index (χ1) is 15.3. The van der Waals surface area contributed by atoms with Crippen molar-refractivity contribution in [2.45, 2.75) is 38.0 Å². The standard InChI is InChI=1S/C24H27Cl2N3O3/c1-16(8-9-17-10-12-18(30)13-11-17)29(14-21(31)19-4-2-6-23(25)27-19)15-22(32)20-5-3-7-24(26)28-20/h2-7,10-13,16,21-22,30-32H,8-9,14-15H2,1H3/t16-,21?,22?/m1/s1. The molecular weight excluding hydrogens is 449 g/mol. The SMILES string of the molecule is C[C@H](CCc1ccc(O)cc1)N(CC(O)c1cccc(Cl)n1)CC(O)c1cccc(Cl)n1. The molecule has 2 aromatic heterocycles. The minimum atomic E-state index is -0.871. The molecule has 0 aliphatic carbocycles. The van der Waals surface area contributed by atoms with E-state index in [0.29, 0.717) is 21.7 Å². The molecule has 0 aliphatic heterocycles. The number of aliphatic hydroxyl groups is 2. The quantitative estimate of drug-likeness (QED) is 0.371. The lowest BCUT2D eigenvalue weighted by Gasteiger charge is -2.32. The van der Waals surface area contributed by atoms with Gasteiger partial charge < -0.3 is 15.3 Å². The molecule has 0 spiro atoms. The van der Waals surface area contributed by atoms with Gasteiger partial charge >= 0.3 is 0 Å². The van der Waals surface area contributed by atoms with E-state index in [0.717, 1.165) is 18.4 Å². The average Bonchev–Trinajstić information content (AvgIpc) is 2.78. The van der Waals surface area contributed by atoms with E-state index in [9.17, 15) is 15.3 Å². The summed E-state index contributed by atoms with van der Waals surface area (Å²) in [6.07, 6.45) is -0.167. The summed E-state index contributed by atoms with van der Waals surface area (Å²) in [7, 11) is 0. The van der Waals surface area contributed by atoms with Crippen molar-refractivity contribution in [2.75, 3.05) is 13.1 Å². The monoisotopic (exact) mass is 475 g/mol. The summed E-state index contributed by atoms with van der Waals surface area (Å²) in [4.78, 5) is 10.4. The fraction of sp³-hybridized carbons (Fsp3) is 0.333. The van der Waals surface area contributed by atoms with Gasteiger partial charge in [-0.2, -0.15) is 0 Å². The molecule has 0 saturated heterocycles. The molecule has 0 aliphatic rings. The lowest BCUT2D eigenvalue weighted by atomic mass is 10.0. The molecule has 2 heterocycles. The molecule has 3 N–H and O–H groups in total. The Morgan fingerprint density at radius 3 is 1.78 bits per heavy atom. The summed E-state index contributed by atoms with van der Waals surface area (Å²) in [6.45, 7) is 2.58. The van der Waals surface area contributed by atoms with Gasteiger partial charge in [-0.15, -0.1) is 0 Å². The zero-order valence-electron chi connectivity index (χ0n) is 17.8. The highest BCUT2D eigenvalue weighted by molar-refractivity contribution is 6.29. The molecule has 8 heteroatoms. The van der Waals surface area contributed by atoms with Gasteiger partial charge in [0.1, 0.15) is 28.3 Å². The number of nitrogens with zero attached hydrogens (tertiary/aromatic N) is 3. The van der Waals surface area contributed by atoms with Crippen LogP contribution in [0.4, 0.5) is 0 Å². The number of phenolic OH excluding ortho intramolecular Hbond substituents is 1. The molecule has 6 nitrogen and oxygen atoms in total. The van der Waals surface area contributed by atoms with E-state index in [4.69, 9.17) is 23.2 Å². The molecule has 3 aromatic rings. The molecule has 3 rings (SSSR count). The number of aliphatic hydroxyl groups excluding tert-OH is 2. The van der Waals surface area contributed by atoms with Crippen molar-refractivity contribution in [3.8, 4) is 5.75 Å². The van der Waals surface area contributed by atoms with E-state index >= 15 is 0 Å². The minimum Gasteiger partial charge on any atom is -0.508 e. The normalized spacial score (nSPS) is 14.3. The Bertz CT molecular complexity index is 950. The summed E-state index contributed by atoms with van der Waals surface area (Å²) < 4.78 is 0. The summed E-state index contributed by atoms with van der Waals surface area (Å²) in [6, 6.07) is 17.4. The first kappa shape index (κ1) is 24.4. The second-order valence-corrected chi connectivity index (χ2v) is 8.58. The number of hydrogen-bond acceptors (Lipinski definition) is 6. The molecule has 170 valence electrons. The third-order valence-corrected chi connectivity index (χ3v) is 5.80. The molecular formula is C24H27Cl2N3O3. The lowest BCUT2D eigenvalue weighted by Crippen LogP contribution is -2.40. The van der Waals surface area contributed by atoms with Crippen molar-refractivity contribution in [3.63, 3.8) is 0 Å². The number of benzene rings is 1. The number of aromatic nitrogens is 2. The largest absolute Gasteiger partial charge is 0.508 e. The molecule has 3 atom stereocenters. The van der Waals surface area contributed by atoms with E-state index in [1.807, 2.05) is 17.0 Å². The Kier molecular flexibility index (Phi) is 8.84. The van der Waals surface area contributed by atoms with Gasteiger partial charge in [-0.25, -0.2) is 9.97 Å². The highest BCUT2D eigenvalue weighted by Gasteiger charge is 2.23. The van der Waals surface area contributed by atoms with Gasteiger partial charge in [0.05, 0.1) is 11.4 Å². The van der Waals surface area contributed by atoms with E-state index in [2.05, 4.69) is 16.9 Å². The Labute approximate surface area is 198 Å². The van der Waals surface area contributed by atoms with E-state index in [1.54, 1.807) is 48.5 Å².